The number of alkyl halides is 1. The molecule has 0 radical (unpaired) electrons. The first kappa shape index (κ1) is 10.4. The van der Waals surface area contributed by atoms with Gasteiger partial charge in [0.05, 0.1) is 6.61 Å². The molecular weight excluding hydrogens is 175 g/mol. The van der Waals surface area contributed by atoms with Gasteiger partial charge in [-0.25, -0.2) is 4.39 Å². The van der Waals surface area contributed by atoms with Crippen molar-refractivity contribution >= 4 is 5.97 Å². The van der Waals surface area contributed by atoms with Gasteiger partial charge in [-0.3, -0.25) is 4.79 Å². The topological polar surface area (TPSA) is 35.5 Å². The molecule has 0 aromatic rings. The number of rotatable bonds is 3. The van der Waals surface area contributed by atoms with Crippen LogP contribution in [0.1, 0.15) is 26.7 Å². The molecule has 4 heteroatoms. The molecule has 76 valence electrons. The van der Waals surface area contributed by atoms with Gasteiger partial charge in [-0.1, -0.05) is 6.92 Å². The fourth-order valence-electron chi connectivity index (χ4n) is 1.52. The number of ether oxygens (including phenoxy) is 2. The van der Waals surface area contributed by atoms with Gasteiger partial charge >= 0.3 is 5.97 Å². The van der Waals surface area contributed by atoms with Crippen LogP contribution < -0.4 is 0 Å². The van der Waals surface area contributed by atoms with E-state index in [1.54, 1.807) is 0 Å². The summed E-state index contributed by atoms with van der Waals surface area (Å²) in [4.78, 5) is 10.7. The van der Waals surface area contributed by atoms with E-state index in [0.717, 1.165) is 0 Å². The minimum Gasteiger partial charge on any atom is -0.460 e. The third-order valence-corrected chi connectivity index (χ3v) is 2.15. The third-order valence-electron chi connectivity index (χ3n) is 2.15. The zero-order valence-electron chi connectivity index (χ0n) is 7.96. The van der Waals surface area contributed by atoms with Crippen molar-refractivity contribution in [3.05, 3.63) is 0 Å². The lowest BCUT2D eigenvalue weighted by molar-refractivity contribution is -0.154. The van der Waals surface area contributed by atoms with Crippen LogP contribution in [0, 0.1) is 0 Å². The van der Waals surface area contributed by atoms with Gasteiger partial charge in [-0.2, -0.15) is 0 Å². The lowest BCUT2D eigenvalue weighted by Gasteiger charge is -2.22. The third kappa shape index (κ3) is 2.66. The van der Waals surface area contributed by atoms with E-state index < -0.39 is 18.4 Å². The highest BCUT2D eigenvalue weighted by Crippen LogP contribution is 2.23. The van der Waals surface area contributed by atoms with Crippen molar-refractivity contribution in [2.24, 2.45) is 0 Å². The Hall–Kier alpha value is -0.640. The average Bonchev–Trinajstić information content (AvgIpc) is 2.47. The standard InChI is InChI=1S/C9H15FO3/c1-3-8(13-6(2)11)9-7(10)4-5-12-9/h7-9H,3-5H2,1-2H3/t7-,8-,9-/m0/s1. The monoisotopic (exact) mass is 190 g/mol. The van der Waals surface area contributed by atoms with Crippen molar-refractivity contribution in [2.45, 2.75) is 45.1 Å². The van der Waals surface area contributed by atoms with Crippen molar-refractivity contribution in [3.8, 4) is 0 Å². The fourth-order valence-corrected chi connectivity index (χ4v) is 1.52. The van der Waals surface area contributed by atoms with Gasteiger partial charge < -0.3 is 9.47 Å². The highest BCUT2D eigenvalue weighted by atomic mass is 19.1. The average molecular weight is 190 g/mol. The van der Waals surface area contributed by atoms with Gasteiger partial charge in [-0.05, 0) is 6.42 Å². The Morgan fingerprint density at radius 2 is 2.46 bits per heavy atom. The molecule has 0 spiro atoms. The van der Waals surface area contributed by atoms with Crippen LogP contribution in [0.25, 0.3) is 0 Å². The molecular formula is C9H15FO3. The highest BCUT2D eigenvalue weighted by molar-refractivity contribution is 5.66. The Morgan fingerprint density at radius 1 is 1.77 bits per heavy atom. The maximum absolute atomic E-state index is 13.2. The SMILES string of the molecule is CC[C@H](OC(C)=O)[C@H]1OCC[C@@H]1F. The molecule has 13 heavy (non-hydrogen) atoms. The summed E-state index contributed by atoms with van der Waals surface area (Å²) in [6.07, 6.45) is -0.999. The van der Waals surface area contributed by atoms with E-state index in [1.165, 1.54) is 6.92 Å². The maximum Gasteiger partial charge on any atom is 0.302 e. The molecule has 0 aromatic heterocycles. The van der Waals surface area contributed by atoms with Crippen LogP contribution in [-0.4, -0.2) is 31.0 Å². The van der Waals surface area contributed by atoms with E-state index in [1.807, 2.05) is 6.92 Å². The Bertz CT molecular complexity index is 184. The highest BCUT2D eigenvalue weighted by Gasteiger charge is 2.35. The summed E-state index contributed by atoms with van der Waals surface area (Å²) in [7, 11) is 0. The van der Waals surface area contributed by atoms with E-state index in [-0.39, 0.29) is 5.97 Å². The number of hydrogen-bond acceptors (Lipinski definition) is 3. The zero-order valence-corrected chi connectivity index (χ0v) is 7.96. The molecule has 1 aliphatic heterocycles. The first-order chi connectivity index (χ1) is 6.15. The van der Waals surface area contributed by atoms with E-state index in [9.17, 15) is 9.18 Å². The van der Waals surface area contributed by atoms with E-state index in [0.29, 0.717) is 19.4 Å². The minimum atomic E-state index is -0.996. The molecule has 0 amide bonds. The smallest absolute Gasteiger partial charge is 0.302 e. The van der Waals surface area contributed by atoms with Crippen molar-refractivity contribution in [1.82, 2.24) is 0 Å². The summed E-state index contributed by atoms with van der Waals surface area (Å²) in [6, 6.07) is 0. The Kier molecular flexibility index (Phi) is 3.66. The van der Waals surface area contributed by atoms with Gasteiger partial charge in [0.1, 0.15) is 18.4 Å². The molecule has 0 aliphatic carbocycles. The summed E-state index contributed by atoms with van der Waals surface area (Å²) in [5.41, 5.74) is 0. The maximum atomic E-state index is 13.2. The van der Waals surface area contributed by atoms with Crippen molar-refractivity contribution < 1.29 is 18.7 Å². The van der Waals surface area contributed by atoms with Gasteiger partial charge in [0.2, 0.25) is 0 Å². The van der Waals surface area contributed by atoms with Crippen LogP contribution in [0.5, 0.6) is 0 Å². The van der Waals surface area contributed by atoms with Crippen molar-refractivity contribution in [2.75, 3.05) is 6.61 Å². The zero-order chi connectivity index (χ0) is 9.84. The van der Waals surface area contributed by atoms with Crippen LogP contribution >= 0.6 is 0 Å². The molecule has 1 aliphatic rings. The summed E-state index contributed by atoms with van der Waals surface area (Å²) in [5, 5.41) is 0. The number of esters is 1. The van der Waals surface area contributed by atoms with E-state index >= 15 is 0 Å². The molecule has 1 heterocycles. The quantitative estimate of drug-likeness (QED) is 0.632. The van der Waals surface area contributed by atoms with Gasteiger partial charge in [0, 0.05) is 13.3 Å². The minimum absolute atomic E-state index is 0.380. The fraction of sp³-hybridized carbons (Fsp3) is 0.889. The molecule has 1 saturated heterocycles. The van der Waals surface area contributed by atoms with E-state index in [4.69, 9.17) is 9.47 Å². The second-order valence-electron chi connectivity index (χ2n) is 3.20. The number of carbonyl (C=O) groups excluding carboxylic acids is 1. The van der Waals surface area contributed by atoms with Crippen LogP contribution in [0.4, 0.5) is 4.39 Å². The Balaban J connectivity index is 2.49. The normalized spacial score (nSPS) is 30.1. The summed E-state index contributed by atoms with van der Waals surface area (Å²) < 4.78 is 23.3. The first-order valence-corrected chi connectivity index (χ1v) is 4.58. The molecule has 0 unspecified atom stereocenters. The predicted molar refractivity (Wildman–Crippen MR) is 45.1 cm³/mol. The van der Waals surface area contributed by atoms with Gasteiger partial charge in [0.25, 0.3) is 0 Å². The largest absolute Gasteiger partial charge is 0.460 e. The second-order valence-corrected chi connectivity index (χ2v) is 3.20. The van der Waals surface area contributed by atoms with Gasteiger partial charge in [-0.15, -0.1) is 0 Å². The Labute approximate surface area is 77.2 Å². The van der Waals surface area contributed by atoms with Crippen molar-refractivity contribution in [1.29, 1.82) is 0 Å². The van der Waals surface area contributed by atoms with Crippen molar-refractivity contribution in [3.63, 3.8) is 0 Å². The number of halogens is 1. The summed E-state index contributed by atoms with van der Waals surface area (Å²) >= 11 is 0. The lowest BCUT2D eigenvalue weighted by Crippen LogP contribution is -2.35. The molecule has 0 aromatic carbocycles. The van der Waals surface area contributed by atoms with E-state index in [2.05, 4.69) is 0 Å². The second kappa shape index (κ2) is 4.56. The summed E-state index contributed by atoms with van der Waals surface area (Å²) in [5.74, 6) is -0.380. The van der Waals surface area contributed by atoms with Crippen LogP contribution in [-0.2, 0) is 14.3 Å². The molecule has 0 bridgehead atoms. The number of hydrogen-bond donors (Lipinski definition) is 0. The van der Waals surface area contributed by atoms with Crippen LogP contribution in [0.3, 0.4) is 0 Å². The molecule has 1 rings (SSSR count). The Morgan fingerprint density at radius 3 is 2.85 bits per heavy atom. The predicted octanol–water partition coefficient (Wildman–Crippen LogP) is 1.46. The molecule has 0 N–H and O–H groups in total. The lowest BCUT2D eigenvalue weighted by atomic mass is 10.1. The number of carbonyl (C=O) groups is 1. The van der Waals surface area contributed by atoms with Crippen LogP contribution in [0.15, 0.2) is 0 Å². The first-order valence-electron chi connectivity index (χ1n) is 4.58. The van der Waals surface area contributed by atoms with Gasteiger partial charge in [0.15, 0.2) is 0 Å². The molecule has 3 nitrogen and oxygen atoms in total. The van der Waals surface area contributed by atoms with Crippen LogP contribution in [0.2, 0.25) is 0 Å². The molecule has 3 atom stereocenters. The molecule has 1 fully saturated rings. The molecule has 0 saturated carbocycles. The summed E-state index contributed by atoms with van der Waals surface area (Å²) in [6.45, 7) is 3.59.